The first-order chi connectivity index (χ1) is 13.1. The minimum Gasteiger partial charge on any atom is -0.453 e. The molecule has 1 amide bonds. The number of benzene rings is 1. The van der Waals surface area contributed by atoms with Gasteiger partial charge in [0.25, 0.3) is 0 Å². The van der Waals surface area contributed by atoms with Crippen LogP contribution in [0.4, 0.5) is 4.79 Å². The number of aromatic amines is 1. The molecule has 2 aromatic rings. The Hall–Kier alpha value is -2.28. The minimum atomic E-state index is -0.394. The molecule has 1 aromatic heterocycles. The van der Waals surface area contributed by atoms with E-state index in [2.05, 4.69) is 22.9 Å². The van der Waals surface area contributed by atoms with Gasteiger partial charge in [-0.1, -0.05) is 12.1 Å². The lowest BCUT2D eigenvalue weighted by atomic mass is 9.87. The number of hydrogen-bond acceptors (Lipinski definition) is 5. The summed E-state index contributed by atoms with van der Waals surface area (Å²) in [4.78, 5) is 30.6. The largest absolute Gasteiger partial charge is 0.453 e. The van der Waals surface area contributed by atoms with Crippen LogP contribution in [0.1, 0.15) is 44.1 Å². The number of ether oxygens (including phenoxy) is 1. The molecule has 0 saturated carbocycles. The molecular formula is C20H27N3O4. The number of amides is 1. The van der Waals surface area contributed by atoms with Crippen molar-refractivity contribution in [2.24, 2.45) is 0 Å². The van der Waals surface area contributed by atoms with Gasteiger partial charge < -0.3 is 14.1 Å². The number of rotatable bonds is 2. The van der Waals surface area contributed by atoms with E-state index in [9.17, 15) is 9.59 Å². The van der Waals surface area contributed by atoms with E-state index < -0.39 is 5.76 Å². The maximum absolute atomic E-state index is 11.9. The molecule has 7 nitrogen and oxygen atoms in total. The summed E-state index contributed by atoms with van der Waals surface area (Å²) in [5, 5.41) is 0. The van der Waals surface area contributed by atoms with Crippen molar-refractivity contribution in [2.45, 2.75) is 50.6 Å². The van der Waals surface area contributed by atoms with Crippen LogP contribution in [-0.2, 0) is 4.74 Å². The molecule has 0 radical (unpaired) electrons. The highest BCUT2D eigenvalue weighted by Crippen LogP contribution is 2.34. The van der Waals surface area contributed by atoms with Crippen LogP contribution in [0, 0.1) is 0 Å². The van der Waals surface area contributed by atoms with Crippen molar-refractivity contribution in [3.8, 4) is 0 Å². The highest BCUT2D eigenvalue weighted by atomic mass is 16.5. The zero-order valence-electron chi connectivity index (χ0n) is 15.9. The molecule has 27 heavy (non-hydrogen) atoms. The standard InChI is InChI=1S/C20H27N3O4/c1-13-11-15(8-10-23(13)20(25)26-2)22-9-4-5-14(12-22)16-6-3-7-17-18(16)27-19(24)21-17/h3,6-7,13-15H,4-5,8-12H2,1-2H3,(H,21,24). The number of hydrogen-bond donors (Lipinski definition) is 1. The highest BCUT2D eigenvalue weighted by molar-refractivity contribution is 5.76. The van der Waals surface area contributed by atoms with Gasteiger partial charge in [-0.05, 0) is 45.2 Å². The number of para-hydroxylation sites is 1. The summed E-state index contributed by atoms with van der Waals surface area (Å²) in [6, 6.07) is 6.60. The van der Waals surface area contributed by atoms with Gasteiger partial charge in [-0.3, -0.25) is 9.88 Å². The lowest BCUT2D eigenvalue weighted by Gasteiger charge is -2.44. The number of aromatic nitrogens is 1. The number of nitrogens with one attached hydrogen (secondary N) is 1. The number of methoxy groups -OCH3 is 1. The van der Waals surface area contributed by atoms with Crippen LogP contribution >= 0.6 is 0 Å². The molecule has 3 heterocycles. The van der Waals surface area contributed by atoms with Crippen LogP contribution in [-0.4, -0.2) is 59.7 Å². The third-order valence-corrected chi connectivity index (χ3v) is 6.14. The van der Waals surface area contributed by atoms with Gasteiger partial charge in [0.2, 0.25) is 0 Å². The first kappa shape index (κ1) is 18.1. The van der Waals surface area contributed by atoms with Crippen molar-refractivity contribution in [2.75, 3.05) is 26.7 Å². The molecule has 4 rings (SSSR count). The summed E-state index contributed by atoms with van der Waals surface area (Å²) >= 11 is 0. The summed E-state index contributed by atoms with van der Waals surface area (Å²) in [6.07, 6.45) is 3.93. The Morgan fingerprint density at radius 2 is 2.15 bits per heavy atom. The van der Waals surface area contributed by atoms with Crippen molar-refractivity contribution < 1.29 is 13.9 Å². The number of likely N-dealkylation sites (tertiary alicyclic amines) is 2. The molecule has 7 heteroatoms. The fourth-order valence-corrected chi connectivity index (χ4v) is 4.78. The molecule has 3 atom stereocenters. The van der Waals surface area contributed by atoms with Crippen LogP contribution in [0.2, 0.25) is 0 Å². The highest BCUT2D eigenvalue weighted by Gasteiger charge is 2.35. The van der Waals surface area contributed by atoms with Gasteiger partial charge in [0.1, 0.15) is 0 Å². The summed E-state index contributed by atoms with van der Waals surface area (Å²) in [6.45, 7) is 4.88. The second kappa shape index (κ2) is 7.38. The van der Waals surface area contributed by atoms with Crippen molar-refractivity contribution in [1.82, 2.24) is 14.8 Å². The monoisotopic (exact) mass is 373 g/mol. The molecule has 2 saturated heterocycles. The first-order valence-electron chi connectivity index (χ1n) is 9.77. The average Bonchev–Trinajstić information content (AvgIpc) is 3.07. The van der Waals surface area contributed by atoms with Gasteiger partial charge >= 0.3 is 11.8 Å². The number of H-pyrrole nitrogens is 1. The summed E-state index contributed by atoms with van der Waals surface area (Å²) in [7, 11) is 1.44. The van der Waals surface area contributed by atoms with E-state index >= 15 is 0 Å². The maximum Gasteiger partial charge on any atom is 0.417 e. The molecule has 0 spiro atoms. The van der Waals surface area contributed by atoms with E-state index in [-0.39, 0.29) is 12.1 Å². The van der Waals surface area contributed by atoms with Crippen LogP contribution in [0.3, 0.4) is 0 Å². The second-order valence-corrected chi connectivity index (χ2v) is 7.76. The Bertz CT molecular complexity index is 873. The maximum atomic E-state index is 11.9. The van der Waals surface area contributed by atoms with Crippen molar-refractivity contribution in [3.63, 3.8) is 0 Å². The third-order valence-electron chi connectivity index (χ3n) is 6.14. The number of oxazole rings is 1. The number of nitrogens with zero attached hydrogens (tertiary/aromatic N) is 2. The number of carbonyl (C=O) groups is 1. The zero-order chi connectivity index (χ0) is 19.0. The quantitative estimate of drug-likeness (QED) is 0.876. The second-order valence-electron chi connectivity index (χ2n) is 7.76. The lowest BCUT2D eigenvalue weighted by molar-refractivity contribution is 0.0480. The molecule has 1 aromatic carbocycles. The van der Waals surface area contributed by atoms with E-state index in [1.54, 1.807) is 0 Å². The Labute approximate surface area is 158 Å². The number of carbonyl (C=O) groups excluding carboxylic acids is 1. The normalized spacial score (nSPS) is 27.0. The van der Waals surface area contributed by atoms with Crippen molar-refractivity contribution in [3.05, 3.63) is 34.3 Å². The van der Waals surface area contributed by atoms with Crippen molar-refractivity contribution in [1.29, 1.82) is 0 Å². The predicted octanol–water partition coefficient (Wildman–Crippen LogP) is 2.92. The Morgan fingerprint density at radius 3 is 2.93 bits per heavy atom. The molecule has 3 unspecified atom stereocenters. The lowest BCUT2D eigenvalue weighted by Crippen LogP contribution is -2.52. The van der Waals surface area contributed by atoms with Gasteiger partial charge in [0, 0.05) is 36.7 Å². The van der Waals surface area contributed by atoms with Gasteiger partial charge in [0.05, 0.1) is 12.6 Å². The molecule has 0 aliphatic carbocycles. The molecule has 0 bridgehead atoms. The van der Waals surface area contributed by atoms with Crippen LogP contribution in [0.5, 0.6) is 0 Å². The van der Waals surface area contributed by atoms with Crippen LogP contribution < -0.4 is 5.76 Å². The van der Waals surface area contributed by atoms with E-state index in [4.69, 9.17) is 9.15 Å². The van der Waals surface area contributed by atoms with E-state index in [0.29, 0.717) is 17.5 Å². The van der Waals surface area contributed by atoms with Crippen LogP contribution in [0.15, 0.2) is 27.4 Å². The van der Waals surface area contributed by atoms with E-state index in [1.165, 1.54) is 7.11 Å². The Morgan fingerprint density at radius 1 is 1.30 bits per heavy atom. The smallest absolute Gasteiger partial charge is 0.417 e. The third kappa shape index (κ3) is 3.48. The van der Waals surface area contributed by atoms with Gasteiger partial charge in [-0.25, -0.2) is 9.59 Å². The van der Waals surface area contributed by atoms with Gasteiger partial charge in [-0.15, -0.1) is 0 Å². The summed E-state index contributed by atoms with van der Waals surface area (Å²) < 4.78 is 10.3. The number of piperidine rings is 2. The Kier molecular flexibility index (Phi) is 4.95. The van der Waals surface area contributed by atoms with Gasteiger partial charge in [0.15, 0.2) is 5.58 Å². The van der Waals surface area contributed by atoms with Crippen LogP contribution in [0.25, 0.3) is 11.1 Å². The summed E-state index contributed by atoms with van der Waals surface area (Å²) in [5.74, 6) is -0.0375. The molecule has 1 N–H and O–H groups in total. The molecular weight excluding hydrogens is 346 g/mol. The van der Waals surface area contributed by atoms with E-state index in [0.717, 1.165) is 56.4 Å². The summed E-state index contributed by atoms with van der Waals surface area (Å²) in [5.41, 5.74) is 2.59. The zero-order valence-corrected chi connectivity index (χ0v) is 15.9. The van der Waals surface area contributed by atoms with E-state index in [1.807, 2.05) is 17.0 Å². The molecule has 2 fully saturated rings. The molecule has 146 valence electrons. The SMILES string of the molecule is COC(=O)N1CCC(N2CCCC(c3cccc4[nH]c(=O)oc34)C2)CC1C. The molecule has 2 aliphatic heterocycles. The average molecular weight is 373 g/mol. The fraction of sp³-hybridized carbons (Fsp3) is 0.600. The predicted molar refractivity (Wildman–Crippen MR) is 102 cm³/mol. The Balaban J connectivity index is 1.49. The van der Waals surface area contributed by atoms with Crippen molar-refractivity contribution >= 4 is 17.2 Å². The minimum absolute atomic E-state index is 0.183. The fourth-order valence-electron chi connectivity index (χ4n) is 4.78. The van der Waals surface area contributed by atoms with Gasteiger partial charge in [-0.2, -0.15) is 0 Å². The first-order valence-corrected chi connectivity index (χ1v) is 9.77. The number of fused-ring (bicyclic) bond motifs is 1. The topological polar surface area (TPSA) is 78.8 Å². The molecule has 2 aliphatic rings.